The van der Waals surface area contributed by atoms with Crippen molar-refractivity contribution in [2.45, 2.75) is 12.8 Å². The maximum absolute atomic E-state index is 12.5. The summed E-state index contributed by atoms with van der Waals surface area (Å²) in [6.45, 7) is -0.0704. The number of rotatable bonds is 3. The van der Waals surface area contributed by atoms with Crippen LogP contribution in [0.25, 0.3) is 10.9 Å². The maximum Gasteiger partial charge on any atom is 0.433 e. The summed E-state index contributed by atoms with van der Waals surface area (Å²) in [6, 6.07) is 12.3. The summed E-state index contributed by atoms with van der Waals surface area (Å²) >= 11 is 0. The molecule has 0 N–H and O–H groups in total. The molecule has 0 aliphatic rings. The Balaban J connectivity index is 1.84. The molecular formula is C16H11F3N2O2. The third kappa shape index (κ3) is 3.18. The lowest BCUT2D eigenvalue weighted by Crippen LogP contribution is -2.26. The second-order valence-electron chi connectivity index (χ2n) is 4.85. The van der Waals surface area contributed by atoms with E-state index in [0.717, 1.165) is 22.4 Å². The van der Waals surface area contributed by atoms with Crippen molar-refractivity contribution >= 4 is 10.9 Å². The molecule has 7 heteroatoms. The lowest BCUT2D eigenvalue weighted by molar-refractivity contribution is -0.141. The van der Waals surface area contributed by atoms with E-state index in [1.807, 2.05) is 12.1 Å². The van der Waals surface area contributed by atoms with Crippen molar-refractivity contribution in [3.8, 4) is 0 Å². The molecule has 0 unspecified atom stereocenters. The lowest BCUT2D eigenvalue weighted by atomic mass is 10.2. The molecule has 0 fully saturated rings. The van der Waals surface area contributed by atoms with E-state index in [4.69, 9.17) is 4.84 Å². The molecular weight excluding hydrogens is 309 g/mol. The minimum absolute atomic E-state index is 0.0704. The number of halogens is 3. The standard InChI is InChI=1S/C16H11F3N2O2/c17-16(18,19)14-7-5-11(9-20-14)10-23-21-13-4-2-1-3-12(13)6-8-15(21)22/h1-9H,10H2. The van der Waals surface area contributed by atoms with Crippen molar-refractivity contribution in [3.05, 3.63) is 76.3 Å². The summed E-state index contributed by atoms with van der Waals surface area (Å²) in [5.41, 5.74) is -0.315. The number of hydrogen-bond donors (Lipinski definition) is 0. The summed E-state index contributed by atoms with van der Waals surface area (Å²) < 4.78 is 38.5. The van der Waals surface area contributed by atoms with E-state index in [1.165, 1.54) is 12.1 Å². The van der Waals surface area contributed by atoms with Gasteiger partial charge in [0.05, 0.1) is 5.52 Å². The van der Waals surface area contributed by atoms with Gasteiger partial charge in [-0.1, -0.05) is 24.3 Å². The highest BCUT2D eigenvalue weighted by Gasteiger charge is 2.31. The van der Waals surface area contributed by atoms with Crippen LogP contribution in [0, 0.1) is 0 Å². The summed E-state index contributed by atoms with van der Waals surface area (Å²) in [5, 5.41) is 0.817. The average Bonchev–Trinajstić information content (AvgIpc) is 2.53. The fourth-order valence-electron chi connectivity index (χ4n) is 2.11. The number of pyridine rings is 2. The monoisotopic (exact) mass is 320 g/mol. The predicted octanol–water partition coefficient (Wildman–Crippen LogP) is 3.04. The molecule has 0 aliphatic heterocycles. The lowest BCUT2D eigenvalue weighted by Gasteiger charge is -2.12. The smallest absolute Gasteiger partial charge is 0.405 e. The number of hydrogen-bond acceptors (Lipinski definition) is 3. The molecule has 2 heterocycles. The molecule has 0 radical (unpaired) electrons. The van der Waals surface area contributed by atoms with Gasteiger partial charge in [0.15, 0.2) is 0 Å². The molecule has 3 rings (SSSR count). The van der Waals surface area contributed by atoms with Crippen molar-refractivity contribution < 1.29 is 18.0 Å². The van der Waals surface area contributed by atoms with Crippen LogP contribution >= 0.6 is 0 Å². The van der Waals surface area contributed by atoms with E-state index >= 15 is 0 Å². The van der Waals surface area contributed by atoms with Gasteiger partial charge in [-0.15, -0.1) is 4.73 Å². The second kappa shape index (κ2) is 5.75. The first-order chi connectivity index (χ1) is 10.9. The highest BCUT2D eigenvalue weighted by atomic mass is 19.4. The van der Waals surface area contributed by atoms with Crippen molar-refractivity contribution in [1.82, 2.24) is 9.71 Å². The molecule has 0 saturated carbocycles. The van der Waals surface area contributed by atoms with Crippen molar-refractivity contribution in [2.24, 2.45) is 0 Å². The molecule has 0 spiro atoms. The van der Waals surface area contributed by atoms with Gasteiger partial charge >= 0.3 is 6.18 Å². The largest absolute Gasteiger partial charge is 0.433 e. The third-order valence-corrected chi connectivity index (χ3v) is 3.24. The quantitative estimate of drug-likeness (QED) is 0.745. The number of para-hydroxylation sites is 1. The van der Waals surface area contributed by atoms with Crippen LogP contribution in [0.3, 0.4) is 0 Å². The Hall–Kier alpha value is -2.83. The topological polar surface area (TPSA) is 44.1 Å². The van der Waals surface area contributed by atoms with Crippen LogP contribution in [-0.2, 0) is 12.8 Å². The van der Waals surface area contributed by atoms with Crippen molar-refractivity contribution in [2.75, 3.05) is 0 Å². The van der Waals surface area contributed by atoms with Crippen molar-refractivity contribution in [1.29, 1.82) is 0 Å². The van der Waals surface area contributed by atoms with E-state index < -0.39 is 11.9 Å². The maximum atomic E-state index is 12.5. The Morgan fingerprint density at radius 1 is 1.04 bits per heavy atom. The fraction of sp³-hybridized carbons (Fsp3) is 0.125. The number of aromatic nitrogens is 2. The Bertz CT molecular complexity index is 886. The van der Waals surface area contributed by atoms with Gasteiger partial charge in [0.2, 0.25) is 0 Å². The third-order valence-electron chi connectivity index (χ3n) is 3.24. The van der Waals surface area contributed by atoms with E-state index in [-0.39, 0.29) is 12.2 Å². The fourth-order valence-corrected chi connectivity index (χ4v) is 2.11. The minimum atomic E-state index is -4.48. The van der Waals surface area contributed by atoms with Gasteiger partial charge in [0.1, 0.15) is 12.3 Å². The van der Waals surface area contributed by atoms with Gasteiger partial charge in [-0.2, -0.15) is 13.2 Å². The van der Waals surface area contributed by atoms with Gasteiger partial charge in [-0.05, 0) is 18.2 Å². The molecule has 3 aromatic rings. The van der Waals surface area contributed by atoms with Crippen LogP contribution in [0.4, 0.5) is 13.2 Å². The summed E-state index contributed by atoms with van der Waals surface area (Å²) in [5.74, 6) is 0. The minimum Gasteiger partial charge on any atom is -0.405 e. The molecule has 0 saturated heterocycles. The summed E-state index contributed by atoms with van der Waals surface area (Å²) in [4.78, 5) is 20.7. The SMILES string of the molecule is O=c1ccc2ccccc2n1OCc1ccc(C(F)(F)F)nc1. The molecule has 0 atom stereocenters. The Morgan fingerprint density at radius 3 is 2.52 bits per heavy atom. The second-order valence-corrected chi connectivity index (χ2v) is 4.85. The zero-order valence-electron chi connectivity index (χ0n) is 11.7. The number of nitrogens with zero attached hydrogens (tertiary/aromatic N) is 2. The zero-order chi connectivity index (χ0) is 16.4. The van der Waals surface area contributed by atoms with Crippen LogP contribution in [0.15, 0.2) is 59.5 Å². The highest BCUT2D eigenvalue weighted by molar-refractivity contribution is 5.78. The summed E-state index contributed by atoms with van der Waals surface area (Å²) in [7, 11) is 0. The first kappa shape index (κ1) is 15.1. The Morgan fingerprint density at radius 2 is 1.83 bits per heavy atom. The van der Waals surface area contributed by atoms with E-state index in [9.17, 15) is 18.0 Å². The van der Waals surface area contributed by atoms with Gasteiger partial charge < -0.3 is 4.84 Å². The van der Waals surface area contributed by atoms with Crippen LogP contribution < -0.4 is 10.4 Å². The van der Waals surface area contributed by atoms with Gasteiger partial charge in [0, 0.05) is 23.2 Å². The summed E-state index contributed by atoms with van der Waals surface area (Å²) in [6.07, 6.45) is -3.40. The number of benzene rings is 1. The molecule has 0 amide bonds. The number of fused-ring (bicyclic) bond motifs is 1. The van der Waals surface area contributed by atoms with Crippen LogP contribution in [0.5, 0.6) is 0 Å². The molecule has 23 heavy (non-hydrogen) atoms. The first-order valence-electron chi connectivity index (χ1n) is 6.71. The molecule has 2 aromatic heterocycles. The van der Waals surface area contributed by atoms with E-state index in [1.54, 1.807) is 18.2 Å². The molecule has 1 aromatic carbocycles. The first-order valence-corrected chi connectivity index (χ1v) is 6.71. The Labute approximate surface area is 128 Å². The van der Waals surface area contributed by atoms with E-state index in [2.05, 4.69) is 4.98 Å². The van der Waals surface area contributed by atoms with Gasteiger partial charge in [-0.25, -0.2) is 0 Å². The van der Waals surface area contributed by atoms with E-state index in [0.29, 0.717) is 11.1 Å². The van der Waals surface area contributed by atoms with Crippen LogP contribution in [0.1, 0.15) is 11.3 Å². The van der Waals surface area contributed by atoms with Gasteiger partial charge in [0.25, 0.3) is 5.56 Å². The van der Waals surface area contributed by atoms with Crippen LogP contribution in [-0.4, -0.2) is 9.71 Å². The van der Waals surface area contributed by atoms with Crippen molar-refractivity contribution in [3.63, 3.8) is 0 Å². The molecule has 4 nitrogen and oxygen atoms in total. The molecule has 118 valence electrons. The highest BCUT2D eigenvalue weighted by Crippen LogP contribution is 2.27. The Kier molecular flexibility index (Phi) is 3.77. The number of alkyl halides is 3. The predicted molar refractivity (Wildman–Crippen MR) is 77.7 cm³/mol. The zero-order valence-corrected chi connectivity index (χ0v) is 11.7. The average molecular weight is 320 g/mol. The molecule has 0 aliphatic carbocycles. The normalized spacial score (nSPS) is 11.6. The van der Waals surface area contributed by atoms with Crippen LogP contribution in [0.2, 0.25) is 0 Å². The van der Waals surface area contributed by atoms with Gasteiger partial charge in [-0.3, -0.25) is 9.78 Å². The molecule has 0 bridgehead atoms.